The van der Waals surface area contributed by atoms with Gasteiger partial charge >= 0.3 is 0 Å². The molecule has 0 heterocycles. The van der Waals surface area contributed by atoms with Gasteiger partial charge in [-0.25, -0.2) is 0 Å². The molecule has 1 fully saturated rings. The summed E-state index contributed by atoms with van der Waals surface area (Å²) in [6.45, 7) is 2.22. The molecule has 4 atom stereocenters. The van der Waals surface area contributed by atoms with Crippen LogP contribution in [-0.4, -0.2) is 23.7 Å². The van der Waals surface area contributed by atoms with Crippen LogP contribution < -0.4 is 5.32 Å². The van der Waals surface area contributed by atoms with Gasteiger partial charge in [-0.2, -0.15) is 0 Å². The number of allylic oxidation sites excluding steroid dienone is 2. The number of rotatable bonds is 5. The molecule has 0 aromatic heterocycles. The van der Waals surface area contributed by atoms with Crippen LogP contribution in [0.2, 0.25) is 0 Å². The van der Waals surface area contributed by atoms with Crippen molar-refractivity contribution in [1.82, 2.24) is 5.32 Å². The normalized spacial score (nSPS) is 33.0. The predicted molar refractivity (Wildman–Crippen MR) is 62.8 cm³/mol. The summed E-state index contributed by atoms with van der Waals surface area (Å²) in [6.07, 6.45) is 8.28. The maximum Gasteiger partial charge on any atom is 0.223 e. The maximum absolute atomic E-state index is 12.0. The van der Waals surface area contributed by atoms with E-state index >= 15 is 0 Å². The van der Waals surface area contributed by atoms with E-state index in [0.717, 1.165) is 19.3 Å². The fourth-order valence-corrected chi connectivity index (χ4v) is 2.90. The first-order valence-electron chi connectivity index (χ1n) is 6.30. The van der Waals surface area contributed by atoms with Crippen molar-refractivity contribution in [2.24, 2.45) is 17.8 Å². The van der Waals surface area contributed by atoms with E-state index in [1.807, 2.05) is 6.92 Å². The van der Waals surface area contributed by atoms with Gasteiger partial charge in [0.25, 0.3) is 0 Å². The molecular formula is C13H21NO2. The van der Waals surface area contributed by atoms with Crippen molar-refractivity contribution >= 4 is 5.91 Å². The molecule has 2 aliphatic carbocycles. The van der Waals surface area contributed by atoms with E-state index < -0.39 is 0 Å². The van der Waals surface area contributed by atoms with E-state index in [1.165, 1.54) is 6.42 Å². The van der Waals surface area contributed by atoms with Gasteiger partial charge in [0.15, 0.2) is 0 Å². The Balaban J connectivity index is 1.78. The van der Waals surface area contributed by atoms with Gasteiger partial charge in [-0.15, -0.1) is 0 Å². The van der Waals surface area contributed by atoms with E-state index in [0.29, 0.717) is 11.8 Å². The van der Waals surface area contributed by atoms with Crippen LogP contribution in [0.4, 0.5) is 0 Å². The third-order valence-electron chi connectivity index (χ3n) is 3.80. The van der Waals surface area contributed by atoms with Gasteiger partial charge in [-0.1, -0.05) is 12.2 Å². The lowest BCUT2D eigenvalue weighted by atomic mass is 9.92. The van der Waals surface area contributed by atoms with Gasteiger partial charge < -0.3 is 10.4 Å². The Morgan fingerprint density at radius 2 is 2.31 bits per heavy atom. The molecule has 3 nitrogen and oxygen atoms in total. The summed E-state index contributed by atoms with van der Waals surface area (Å²) in [5.74, 6) is 1.54. The molecule has 0 saturated heterocycles. The molecule has 3 heteroatoms. The number of hydrogen-bond donors (Lipinski definition) is 2. The van der Waals surface area contributed by atoms with Crippen LogP contribution in [0.25, 0.3) is 0 Å². The number of aliphatic hydroxyl groups excluding tert-OH is 1. The van der Waals surface area contributed by atoms with E-state index in [2.05, 4.69) is 17.5 Å². The third kappa shape index (κ3) is 2.46. The van der Waals surface area contributed by atoms with Crippen LogP contribution in [0.5, 0.6) is 0 Å². The zero-order chi connectivity index (χ0) is 11.5. The smallest absolute Gasteiger partial charge is 0.223 e. The minimum atomic E-state index is 0.183. The standard InChI is InChI=1S/C13H21NO2/c1-9(3-2-6-15)14-13(16)12-8-10-4-5-11(12)7-10/h4-5,9-12,15H,2-3,6-8H2,1H3,(H,14,16). The Morgan fingerprint density at radius 1 is 1.50 bits per heavy atom. The van der Waals surface area contributed by atoms with Gasteiger partial charge in [0.1, 0.15) is 0 Å². The number of carbonyl (C=O) groups excluding carboxylic acids is 1. The second-order valence-corrected chi connectivity index (χ2v) is 5.16. The highest BCUT2D eigenvalue weighted by Crippen LogP contribution is 2.43. The molecule has 1 amide bonds. The molecule has 0 aliphatic heterocycles. The van der Waals surface area contributed by atoms with E-state index in [9.17, 15) is 4.79 Å². The highest BCUT2D eigenvalue weighted by Gasteiger charge is 2.39. The molecule has 2 rings (SSSR count). The molecule has 0 spiro atoms. The average molecular weight is 223 g/mol. The molecule has 2 bridgehead atoms. The summed E-state index contributed by atoms with van der Waals surface area (Å²) in [4.78, 5) is 12.0. The van der Waals surface area contributed by atoms with Crippen molar-refractivity contribution in [3.05, 3.63) is 12.2 Å². The molecule has 1 saturated carbocycles. The van der Waals surface area contributed by atoms with Gasteiger partial charge in [0, 0.05) is 18.6 Å². The van der Waals surface area contributed by atoms with E-state index in [-0.39, 0.29) is 24.5 Å². The lowest BCUT2D eigenvalue weighted by Gasteiger charge is -2.20. The minimum absolute atomic E-state index is 0.183. The minimum Gasteiger partial charge on any atom is -0.396 e. The Kier molecular flexibility index (Phi) is 3.64. The van der Waals surface area contributed by atoms with E-state index in [4.69, 9.17) is 5.11 Å². The quantitative estimate of drug-likeness (QED) is 0.693. The second-order valence-electron chi connectivity index (χ2n) is 5.16. The molecule has 0 aromatic rings. The Labute approximate surface area is 96.9 Å². The number of amides is 1. The van der Waals surface area contributed by atoms with Crippen molar-refractivity contribution in [1.29, 1.82) is 0 Å². The van der Waals surface area contributed by atoms with Crippen molar-refractivity contribution in [3.8, 4) is 0 Å². The lowest BCUT2D eigenvalue weighted by Crippen LogP contribution is -2.38. The molecule has 90 valence electrons. The van der Waals surface area contributed by atoms with E-state index in [1.54, 1.807) is 0 Å². The Hall–Kier alpha value is -0.830. The number of aliphatic hydroxyl groups is 1. The van der Waals surface area contributed by atoms with Crippen molar-refractivity contribution in [3.63, 3.8) is 0 Å². The molecule has 4 unspecified atom stereocenters. The Morgan fingerprint density at radius 3 is 2.88 bits per heavy atom. The summed E-state index contributed by atoms with van der Waals surface area (Å²) < 4.78 is 0. The monoisotopic (exact) mass is 223 g/mol. The highest BCUT2D eigenvalue weighted by molar-refractivity contribution is 5.80. The molecular weight excluding hydrogens is 202 g/mol. The first-order chi connectivity index (χ1) is 7.70. The zero-order valence-electron chi connectivity index (χ0n) is 9.86. The summed E-state index contributed by atoms with van der Waals surface area (Å²) >= 11 is 0. The number of fused-ring (bicyclic) bond motifs is 2. The largest absolute Gasteiger partial charge is 0.396 e. The maximum atomic E-state index is 12.0. The predicted octanol–water partition coefficient (Wildman–Crippen LogP) is 1.48. The van der Waals surface area contributed by atoms with Gasteiger partial charge in [0.2, 0.25) is 5.91 Å². The molecule has 0 aromatic carbocycles. The number of carbonyl (C=O) groups is 1. The topological polar surface area (TPSA) is 49.3 Å². The summed E-state index contributed by atoms with van der Waals surface area (Å²) in [7, 11) is 0. The fraction of sp³-hybridized carbons (Fsp3) is 0.769. The zero-order valence-corrected chi connectivity index (χ0v) is 9.86. The lowest BCUT2D eigenvalue weighted by molar-refractivity contribution is -0.126. The summed E-state index contributed by atoms with van der Waals surface area (Å²) in [5, 5.41) is 11.8. The van der Waals surface area contributed by atoms with Crippen molar-refractivity contribution < 1.29 is 9.90 Å². The second kappa shape index (κ2) is 5.00. The highest BCUT2D eigenvalue weighted by atomic mass is 16.2. The molecule has 2 N–H and O–H groups in total. The number of hydrogen-bond acceptors (Lipinski definition) is 2. The van der Waals surface area contributed by atoms with Gasteiger partial charge in [-0.05, 0) is 44.4 Å². The van der Waals surface area contributed by atoms with Crippen LogP contribution in [0.1, 0.15) is 32.6 Å². The van der Waals surface area contributed by atoms with Gasteiger partial charge in [0.05, 0.1) is 0 Å². The van der Waals surface area contributed by atoms with Crippen LogP contribution in [0.15, 0.2) is 12.2 Å². The molecule has 16 heavy (non-hydrogen) atoms. The first-order valence-corrected chi connectivity index (χ1v) is 6.30. The SMILES string of the molecule is CC(CCCO)NC(=O)C1CC2C=CC1C2. The number of nitrogens with one attached hydrogen (secondary N) is 1. The third-order valence-corrected chi connectivity index (χ3v) is 3.80. The van der Waals surface area contributed by atoms with Crippen LogP contribution in [0.3, 0.4) is 0 Å². The first kappa shape index (κ1) is 11.6. The van der Waals surface area contributed by atoms with Crippen molar-refractivity contribution in [2.75, 3.05) is 6.61 Å². The van der Waals surface area contributed by atoms with Crippen LogP contribution in [0, 0.1) is 17.8 Å². The summed E-state index contributed by atoms with van der Waals surface area (Å²) in [6, 6.07) is 0.183. The Bertz CT molecular complexity index is 288. The molecule has 0 radical (unpaired) electrons. The van der Waals surface area contributed by atoms with Crippen molar-refractivity contribution in [2.45, 2.75) is 38.6 Å². The van der Waals surface area contributed by atoms with Crippen LogP contribution >= 0.6 is 0 Å². The fourth-order valence-electron chi connectivity index (χ4n) is 2.90. The molecule has 2 aliphatic rings. The average Bonchev–Trinajstić information content (AvgIpc) is 2.87. The summed E-state index contributed by atoms with van der Waals surface area (Å²) in [5.41, 5.74) is 0. The van der Waals surface area contributed by atoms with Gasteiger partial charge in [-0.3, -0.25) is 4.79 Å². The van der Waals surface area contributed by atoms with Crippen LogP contribution in [-0.2, 0) is 4.79 Å².